The van der Waals surface area contributed by atoms with Gasteiger partial charge in [0.2, 0.25) is 0 Å². The third-order valence-electron chi connectivity index (χ3n) is 7.28. The Bertz CT molecular complexity index is 1260. The molecule has 2 aliphatic rings. The molecule has 5 rings (SSSR count). The van der Waals surface area contributed by atoms with E-state index in [1.807, 2.05) is 50.2 Å². The van der Waals surface area contributed by atoms with E-state index in [4.69, 9.17) is 14.2 Å². The number of amides is 1. The van der Waals surface area contributed by atoms with Crippen LogP contribution in [0, 0.1) is 11.3 Å². The van der Waals surface area contributed by atoms with Crippen molar-refractivity contribution in [2.45, 2.75) is 70.6 Å². The first-order chi connectivity index (χ1) is 17.6. The van der Waals surface area contributed by atoms with Gasteiger partial charge in [0.1, 0.15) is 24.5 Å². The highest BCUT2D eigenvalue weighted by Gasteiger charge is 2.28. The predicted molar refractivity (Wildman–Crippen MR) is 139 cm³/mol. The van der Waals surface area contributed by atoms with E-state index in [9.17, 15) is 10.1 Å². The normalized spacial score (nSPS) is 18.4. The van der Waals surface area contributed by atoms with E-state index in [1.54, 1.807) is 0 Å². The molecular weight excluding hydrogens is 454 g/mol. The zero-order valence-electron chi connectivity index (χ0n) is 21.0. The lowest BCUT2D eigenvalue weighted by Crippen LogP contribution is -2.19. The molecule has 188 valence electrons. The SMILES string of the molecule is CCC(C)OC(=O)Nc1ccc(-c2c(C#N)c3ccc(OCC4CCCO4)cc3n2C2CCC2)cc1. The van der Waals surface area contributed by atoms with Crippen molar-refractivity contribution in [3.8, 4) is 23.1 Å². The molecule has 1 amide bonds. The minimum absolute atomic E-state index is 0.139. The maximum atomic E-state index is 12.1. The van der Waals surface area contributed by atoms with Crippen molar-refractivity contribution in [2.75, 3.05) is 18.5 Å². The molecule has 0 bridgehead atoms. The van der Waals surface area contributed by atoms with Gasteiger partial charge in [0.15, 0.2) is 0 Å². The molecule has 2 aromatic carbocycles. The molecule has 2 heterocycles. The van der Waals surface area contributed by atoms with Gasteiger partial charge in [-0.1, -0.05) is 19.1 Å². The molecule has 1 N–H and O–H groups in total. The monoisotopic (exact) mass is 487 g/mol. The van der Waals surface area contributed by atoms with Crippen molar-refractivity contribution in [2.24, 2.45) is 0 Å². The largest absolute Gasteiger partial charge is 0.491 e. The molecule has 1 aliphatic heterocycles. The number of ether oxygens (including phenoxy) is 3. The Hall–Kier alpha value is -3.50. The minimum atomic E-state index is -0.464. The Labute approximate surface area is 211 Å². The summed E-state index contributed by atoms with van der Waals surface area (Å²) in [5, 5.41) is 13.9. The number of hydrogen-bond acceptors (Lipinski definition) is 5. The lowest BCUT2D eigenvalue weighted by molar-refractivity contribution is 0.0680. The van der Waals surface area contributed by atoms with Crippen LogP contribution in [0.3, 0.4) is 0 Å². The molecule has 2 unspecified atom stereocenters. The number of nitrogens with zero attached hydrogens (tertiary/aromatic N) is 2. The van der Waals surface area contributed by atoms with E-state index in [0.717, 1.165) is 66.6 Å². The van der Waals surface area contributed by atoms with Gasteiger partial charge in [0, 0.05) is 29.8 Å². The van der Waals surface area contributed by atoms with Crippen molar-refractivity contribution in [1.82, 2.24) is 4.57 Å². The third-order valence-corrected chi connectivity index (χ3v) is 7.28. The Morgan fingerprint density at radius 2 is 2.00 bits per heavy atom. The Balaban J connectivity index is 1.46. The van der Waals surface area contributed by atoms with E-state index in [2.05, 4.69) is 22.0 Å². The van der Waals surface area contributed by atoms with Crippen molar-refractivity contribution < 1.29 is 19.0 Å². The van der Waals surface area contributed by atoms with Crippen LogP contribution in [0.25, 0.3) is 22.2 Å². The number of carbonyl (C=O) groups excluding carboxylic acids is 1. The molecule has 36 heavy (non-hydrogen) atoms. The van der Waals surface area contributed by atoms with Crippen LogP contribution in [-0.2, 0) is 9.47 Å². The summed E-state index contributed by atoms with van der Waals surface area (Å²) in [6, 6.07) is 16.4. The number of nitrogens with one attached hydrogen (secondary N) is 1. The summed E-state index contributed by atoms with van der Waals surface area (Å²) >= 11 is 0. The Kier molecular flexibility index (Phi) is 7.15. The topological polar surface area (TPSA) is 85.5 Å². The van der Waals surface area contributed by atoms with Gasteiger partial charge in [-0.3, -0.25) is 5.32 Å². The molecule has 7 nitrogen and oxygen atoms in total. The first kappa shape index (κ1) is 24.2. The van der Waals surface area contributed by atoms with E-state index in [0.29, 0.717) is 23.9 Å². The molecule has 1 saturated carbocycles. The molecule has 3 aromatic rings. The number of anilines is 1. The molecule has 0 spiro atoms. The van der Waals surface area contributed by atoms with Crippen LogP contribution >= 0.6 is 0 Å². The van der Waals surface area contributed by atoms with Crippen LogP contribution in [-0.4, -0.2) is 36.1 Å². The molecule has 0 radical (unpaired) electrons. The van der Waals surface area contributed by atoms with Crippen molar-refractivity contribution in [3.05, 3.63) is 48.0 Å². The molecule has 1 saturated heterocycles. The molecule has 2 fully saturated rings. The number of fused-ring (bicyclic) bond motifs is 1. The molecule has 7 heteroatoms. The quantitative estimate of drug-likeness (QED) is 0.377. The van der Waals surface area contributed by atoms with Gasteiger partial charge < -0.3 is 18.8 Å². The lowest BCUT2D eigenvalue weighted by atomic mass is 9.92. The van der Waals surface area contributed by atoms with Crippen molar-refractivity contribution in [1.29, 1.82) is 5.26 Å². The second-order valence-corrected chi connectivity index (χ2v) is 9.74. The van der Waals surface area contributed by atoms with Crippen LogP contribution in [0.15, 0.2) is 42.5 Å². The van der Waals surface area contributed by atoms with E-state index in [1.165, 1.54) is 6.42 Å². The third kappa shape index (κ3) is 4.91. The molecule has 1 aliphatic carbocycles. The van der Waals surface area contributed by atoms with Crippen molar-refractivity contribution >= 4 is 22.7 Å². The Morgan fingerprint density at radius 1 is 1.19 bits per heavy atom. The fourth-order valence-electron chi connectivity index (χ4n) is 4.89. The molecular formula is C29H33N3O4. The fraction of sp³-hybridized carbons (Fsp3) is 0.448. The number of nitriles is 1. The van der Waals surface area contributed by atoms with Gasteiger partial charge >= 0.3 is 6.09 Å². The van der Waals surface area contributed by atoms with Gasteiger partial charge in [-0.25, -0.2) is 4.79 Å². The summed E-state index contributed by atoms with van der Waals surface area (Å²) in [6.07, 6.45) is 5.78. The van der Waals surface area contributed by atoms with Crippen LogP contribution in [0.4, 0.5) is 10.5 Å². The van der Waals surface area contributed by atoms with Crippen LogP contribution in [0.1, 0.15) is 64.0 Å². The van der Waals surface area contributed by atoms with Gasteiger partial charge in [-0.15, -0.1) is 0 Å². The second kappa shape index (κ2) is 10.6. The predicted octanol–water partition coefficient (Wildman–Crippen LogP) is 6.81. The average molecular weight is 488 g/mol. The number of aromatic nitrogens is 1. The summed E-state index contributed by atoms with van der Waals surface area (Å²) in [4.78, 5) is 12.1. The first-order valence-corrected chi connectivity index (χ1v) is 13.0. The number of carbonyl (C=O) groups is 1. The van der Waals surface area contributed by atoms with Gasteiger partial charge in [-0.2, -0.15) is 5.26 Å². The lowest BCUT2D eigenvalue weighted by Gasteiger charge is -2.30. The highest BCUT2D eigenvalue weighted by Crippen LogP contribution is 2.43. The summed E-state index contributed by atoms with van der Waals surface area (Å²) < 4.78 is 19.4. The summed E-state index contributed by atoms with van der Waals surface area (Å²) in [5.74, 6) is 0.798. The molecule has 2 atom stereocenters. The zero-order chi connectivity index (χ0) is 25.1. The minimum Gasteiger partial charge on any atom is -0.491 e. The summed E-state index contributed by atoms with van der Waals surface area (Å²) in [6.45, 7) is 5.19. The van der Waals surface area contributed by atoms with Crippen LogP contribution in [0.5, 0.6) is 5.75 Å². The highest BCUT2D eigenvalue weighted by atomic mass is 16.6. The smallest absolute Gasteiger partial charge is 0.411 e. The second-order valence-electron chi connectivity index (χ2n) is 9.74. The average Bonchev–Trinajstić information content (AvgIpc) is 3.48. The fourth-order valence-corrected chi connectivity index (χ4v) is 4.89. The van der Waals surface area contributed by atoms with E-state index in [-0.39, 0.29) is 12.2 Å². The maximum absolute atomic E-state index is 12.1. The van der Waals surface area contributed by atoms with E-state index >= 15 is 0 Å². The summed E-state index contributed by atoms with van der Waals surface area (Å²) in [5.41, 5.74) is 4.20. The zero-order valence-corrected chi connectivity index (χ0v) is 21.0. The highest BCUT2D eigenvalue weighted by molar-refractivity contribution is 5.96. The number of rotatable bonds is 8. The standard InChI is InChI=1S/C29H33N3O4/c1-3-19(2)36-29(33)31-21-11-9-20(10-12-21)28-26(17-30)25-14-13-23(35-18-24-8-5-15-34-24)16-27(25)32(28)22-6-4-7-22/h9-14,16,19,22,24H,3-8,15,18H2,1-2H3,(H,31,33). The Morgan fingerprint density at radius 3 is 2.64 bits per heavy atom. The van der Waals surface area contributed by atoms with Crippen LogP contribution in [0.2, 0.25) is 0 Å². The first-order valence-electron chi connectivity index (χ1n) is 13.0. The summed E-state index contributed by atoms with van der Waals surface area (Å²) in [7, 11) is 0. The van der Waals surface area contributed by atoms with Gasteiger partial charge in [-0.05, 0) is 75.3 Å². The molecule has 1 aromatic heterocycles. The van der Waals surface area contributed by atoms with Crippen molar-refractivity contribution in [3.63, 3.8) is 0 Å². The van der Waals surface area contributed by atoms with E-state index < -0.39 is 6.09 Å². The number of hydrogen-bond donors (Lipinski definition) is 1. The maximum Gasteiger partial charge on any atom is 0.411 e. The number of benzene rings is 2. The van der Waals surface area contributed by atoms with Gasteiger partial charge in [0.25, 0.3) is 0 Å². The van der Waals surface area contributed by atoms with Gasteiger partial charge in [0.05, 0.1) is 22.9 Å². The van der Waals surface area contributed by atoms with Crippen LogP contribution < -0.4 is 10.1 Å².